The predicted octanol–water partition coefficient (Wildman–Crippen LogP) is 4.10. The van der Waals surface area contributed by atoms with Crippen LogP contribution in [0.15, 0.2) is 58.7 Å². The molecule has 0 radical (unpaired) electrons. The Morgan fingerprint density at radius 2 is 2.00 bits per heavy atom. The number of amidine groups is 1. The largest absolute Gasteiger partial charge is 0.374 e. The van der Waals surface area contributed by atoms with Crippen molar-refractivity contribution >= 4 is 28.5 Å². The third kappa shape index (κ3) is 3.17. The second-order valence-corrected chi connectivity index (χ2v) is 6.92. The molecule has 0 atom stereocenters. The number of aromatic nitrogens is 2. The molecule has 1 aliphatic rings. The van der Waals surface area contributed by atoms with Gasteiger partial charge in [-0.2, -0.15) is 0 Å². The van der Waals surface area contributed by atoms with Crippen molar-refractivity contribution in [1.29, 1.82) is 0 Å². The summed E-state index contributed by atoms with van der Waals surface area (Å²) in [6.45, 7) is 1.92. The van der Waals surface area contributed by atoms with E-state index in [-0.39, 0.29) is 0 Å². The Kier molecular flexibility index (Phi) is 4.51. The summed E-state index contributed by atoms with van der Waals surface area (Å²) in [5, 5.41) is 4.62. The number of aliphatic imine (C=N–C) groups is 1. The smallest absolute Gasteiger partial charge is 0.0964 e. The molecule has 122 valence electrons. The van der Waals surface area contributed by atoms with Crippen molar-refractivity contribution in [3.8, 4) is 11.3 Å². The molecule has 1 aromatic carbocycles. The fourth-order valence-corrected chi connectivity index (χ4v) is 4.06. The molecule has 5 heteroatoms. The monoisotopic (exact) mass is 336 g/mol. The topological polar surface area (TPSA) is 53.1 Å². The highest BCUT2D eigenvalue weighted by Gasteiger charge is 2.13. The number of nitrogens with zero attached hydrogens (tertiary/aromatic N) is 2. The van der Waals surface area contributed by atoms with E-state index in [4.69, 9.17) is 0 Å². The van der Waals surface area contributed by atoms with Crippen LogP contribution in [-0.2, 0) is 0 Å². The highest BCUT2D eigenvalue weighted by atomic mass is 32.2. The summed E-state index contributed by atoms with van der Waals surface area (Å²) in [5.41, 5.74) is 3.53. The van der Waals surface area contributed by atoms with Gasteiger partial charge in [-0.15, -0.1) is 11.8 Å². The molecule has 0 bridgehead atoms. The van der Waals surface area contributed by atoms with E-state index in [9.17, 15) is 0 Å². The number of para-hydroxylation sites is 1. The number of thioether (sulfide) groups is 1. The van der Waals surface area contributed by atoms with Crippen LogP contribution >= 0.6 is 11.8 Å². The zero-order chi connectivity index (χ0) is 16.2. The normalized spacial score (nSPS) is 15.9. The van der Waals surface area contributed by atoms with Gasteiger partial charge in [0, 0.05) is 52.5 Å². The molecule has 3 aromatic rings. The Balaban J connectivity index is 1.59. The summed E-state index contributed by atoms with van der Waals surface area (Å²) in [5.74, 6) is 2.15. The first-order valence-electron chi connectivity index (χ1n) is 8.33. The lowest BCUT2D eigenvalue weighted by atomic mass is 10.2. The van der Waals surface area contributed by atoms with E-state index in [0.29, 0.717) is 0 Å². The van der Waals surface area contributed by atoms with E-state index in [2.05, 4.69) is 56.7 Å². The highest BCUT2D eigenvalue weighted by Crippen LogP contribution is 2.37. The third-order valence-electron chi connectivity index (χ3n) is 4.19. The Morgan fingerprint density at radius 3 is 2.83 bits per heavy atom. The molecule has 0 amide bonds. The van der Waals surface area contributed by atoms with Crippen LogP contribution in [0.3, 0.4) is 0 Å². The Labute approximate surface area is 145 Å². The maximum atomic E-state index is 4.67. The first-order chi connectivity index (χ1) is 11.9. The van der Waals surface area contributed by atoms with Crippen molar-refractivity contribution in [1.82, 2.24) is 15.3 Å². The molecule has 1 fully saturated rings. The van der Waals surface area contributed by atoms with Gasteiger partial charge >= 0.3 is 0 Å². The summed E-state index contributed by atoms with van der Waals surface area (Å²) in [6.07, 6.45) is 5.99. The minimum absolute atomic E-state index is 0.849. The van der Waals surface area contributed by atoms with Gasteiger partial charge in [-0.05, 0) is 24.6 Å². The van der Waals surface area contributed by atoms with Crippen molar-refractivity contribution in [2.45, 2.75) is 17.7 Å². The number of benzene rings is 1. The number of hydrogen-bond donors (Lipinski definition) is 2. The lowest BCUT2D eigenvalue weighted by Gasteiger charge is -2.04. The quantitative estimate of drug-likeness (QED) is 0.545. The molecule has 24 heavy (non-hydrogen) atoms. The second-order valence-electron chi connectivity index (χ2n) is 5.82. The van der Waals surface area contributed by atoms with Gasteiger partial charge in [0.2, 0.25) is 0 Å². The molecule has 0 spiro atoms. The van der Waals surface area contributed by atoms with Gasteiger partial charge in [0.1, 0.15) is 0 Å². The van der Waals surface area contributed by atoms with E-state index in [0.717, 1.165) is 25.3 Å². The molecule has 1 aliphatic heterocycles. The molecule has 0 unspecified atom stereocenters. The van der Waals surface area contributed by atoms with E-state index in [1.165, 1.54) is 39.3 Å². The summed E-state index contributed by atoms with van der Waals surface area (Å²) in [4.78, 5) is 13.7. The number of nitrogens with one attached hydrogen (secondary N) is 2. The summed E-state index contributed by atoms with van der Waals surface area (Å²) < 4.78 is 0. The van der Waals surface area contributed by atoms with E-state index >= 15 is 0 Å². The van der Waals surface area contributed by atoms with Gasteiger partial charge < -0.3 is 10.3 Å². The molecule has 4 nitrogen and oxygen atoms in total. The Morgan fingerprint density at radius 1 is 1.12 bits per heavy atom. The minimum atomic E-state index is 0.849. The first kappa shape index (κ1) is 15.3. The maximum Gasteiger partial charge on any atom is 0.0964 e. The second kappa shape index (κ2) is 7.09. The molecular formula is C19H20N4S. The Hall–Kier alpha value is -2.27. The van der Waals surface area contributed by atoms with E-state index in [1.54, 1.807) is 0 Å². The SMILES string of the molecule is c1ccc2c(SCC/N=C3\CCCN3)c(-c3ccncc3)[nH]c2c1. The van der Waals surface area contributed by atoms with Crippen LogP contribution < -0.4 is 5.32 Å². The van der Waals surface area contributed by atoms with Crippen molar-refractivity contribution in [2.75, 3.05) is 18.8 Å². The fourth-order valence-electron chi connectivity index (χ4n) is 3.03. The van der Waals surface area contributed by atoms with Gasteiger partial charge in [-0.3, -0.25) is 9.98 Å². The third-order valence-corrected chi connectivity index (χ3v) is 5.29. The first-order valence-corrected chi connectivity index (χ1v) is 9.31. The lowest BCUT2D eigenvalue weighted by molar-refractivity contribution is 0.911. The fraction of sp³-hybridized carbons (Fsp3) is 0.263. The average molecular weight is 336 g/mol. The van der Waals surface area contributed by atoms with Crippen LogP contribution in [0.1, 0.15) is 12.8 Å². The van der Waals surface area contributed by atoms with Gasteiger partial charge in [-0.1, -0.05) is 18.2 Å². The zero-order valence-electron chi connectivity index (χ0n) is 13.5. The summed E-state index contributed by atoms with van der Waals surface area (Å²) in [7, 11) is 0. The zero-order valence-corrected chi connectivity index (χ0v) is 14.3. The molecule has 4 rings (SSSR count). The molecular weight excluding hydrogens is 316 g/mol. The Bertz CT molecular complexity index is 846. The number of rotatable bonds is 5. The highest BCUT2D eigenvalue weighted by molar-refractivity contribution is 7.99. The number of H-pyrrole nitrogens is 1. The van der Waals surface area contributed by atoms with Gasteiger partial charge in [0.25, 0.3) is 0 Å². The molecule has 2 N–H and O–H groups in total. The van der Waals surface area contributed by atoms with Gasteiger partial charge in [-0.25, -0.2) is 0 Å². The van der Waals surface area contributed by atoms with Crippen LogP contribution in [0, 0.1) is 0 Å². The predicted molar refractivity (Wildman–Crippen MR) is 102 cm³/mol. The summed E-state index contributed by atoms with van der Waals surface area (Å²) >= 11 is 1.87. The van der Waals surface area contributed by atoms with Crippen molar-refractivity contribution in [2.24, 2.45) is 4.99 Å². The van der Waals surface area contributed by atoms with E-state index in [1.807, 2.05) is 24.2 Å². The maximum absolute atomic E-state index is 4.67. The number of aromatic amines is 1. The lowest BCUT2D eigenvalue weighted by Crippen LogP contribution is -2.14. The van der Waals surface area contributed by atoms with Crippen LogP contribution in [0.5, 0.6) is 0 Å². The number of pyridine rings is 1. The summed E-state index contributed by atoms with van der Waals surface area (Å²) in [6, 6.07) is 12.6. The van der Waals surface area contributed by atoms with Crippen LogP contribution in [0.2, 0.25) is 0 Å². The molecule has 3 heterocycles. The van der Waals surface area contributed by atoms with Gasteiger partial charge in [0.15, 0.2) is 0 Å². The van der Waals surface area contributed by atoms with Crippen molar-refractivity contribution < 1.29 is 0 Å². The molecule has 1 saturated heterocycles. The number of hydrogen-bond acceptors (Lipinski definition) is 3. The average Bonchev–Trinajstić information content (AvgIpc) is 3.27. The standard InChI is InChI=1S/C19H20N4S/c1-2-5-16-15(4-1)19(18(23-16)14-7-10-20-11-8-14)24-13-12-22-17-6-3-9-21-17/h1-2,4-5,7-8,10-11,23H,3,6,9,12-13H2,(H,21,22). The van der Waals surface area contributed by atoms with Gasteiger partial charge in [0.05, 0.1) is 18.1 Å². The van der Waals surface area contributed by atoms with Crippen LogP contribution in [0.4, 0.5) is 0 Å². The molecule has 2 aromatic heterocycles. The van der Waals surface area contributed by atoms with Crippen molar-refractivity contribution in [3.05, 3.63) is 48.8 Å². The molecule has 0 aliphatic carbocycles. The minimum Gasteiger partial charge on any atom is -0.374 e. The molecule has 0 saturated carbocycles. The van der Waals surface area contributed by atoms with Crippen LogP contribution in [-0.4, -0.2) is 34.6 Å². The number of fused-ring (bicyclic) bond motifs is 1. The van der Waals surface area contributed by atoms with Crippen molar-refractivity contribution in [3.63, 3.8) is 0 Å². The van der Waals surface area contributed by atoms with E-state index < -0.39 is 0 Å². The van der Waals surface area contributed by atoms with Crippen LogP contribution in [0.25, 0.3) is 22.2 Å².